The smallest absolute Gasteiger partial charge is 0.269 e. The number of nitro groups is 1. The Morgan fingerprint density at radius 1 is 1.18 bits per heavy atom. The third-order valence-corrected chi connectivity index (χ3v) is 7.54. The second-order valence-electron chi connectivity index (χ2n) is 8.16. The van der Waals surface area contributed by atoms with Crippen LogP contribution in [0.5, 0.6) is 5.75 Å². The molecule has 0 amide bonds. The summed E-state index contributed by atoms with van der Waals surface area (Å²) in [6.45, 7) is 3.67. The zero-order valence-electron chi connectivity index (χ0n) is 17.8. The Morgan fingerprint density at radius 2 is 1.94 bits per heavy atom. The molecule has 33 heavy (non-hydrogen) atoms. The maximum Gasteiger partial charge on any atom is 0.269 e. The number of hydrogen-bond donors (Lipinski definition) is 1. The van der Waals surface area contributed by atoms with Gasteiger partial charge in [0.25, 0.3) is 5.69 Å². The number of nitrogens with one attached hydrogen (secondary N) is 1. The van der Waals surface area contributed by atoms with Crippen LogP contribution in [-0.2, 0) is 10.0 Å². The number of fused-ring (bicyclic) bond motifs is 3. The second kappa shape index (κ2) is 10.5. The lowest BCUT2D eigenvalue weighted by Gasteiger charge is -2.27. The van der Waals surface area contributed by atoms with Crippen molar-refractivity contribution in [1.82, 2.24) is 9.62 Å². The Labute approximate surface area is 199 Å². The summed E-state index contributed by atoms with van der Waals surface area (Å²) >= 11 is 0. The van der Waals surface area contributed by atoms with Crippen LogP contribution >= 0.6 is 12.4 Å². The van der Waals surface area contributed by atoms with E-state index in [2.05, 4.69) is 15.7 Å². The van der Waals surface area contributed by atoms with E-state index in [0.29, 0.717) is 37.0 Å². The van der Waals surface area contributed by atoms with Crippen LogP contribution in [0.2, 0.25) is 0 Å². The van der Waals surface area contributed by atoms with Crippen molar-refractivity contribution in [3.8, 4) is 11.8 Å². The molecule has 2 aromatic carbocycles. The molecular formula is C22H25ClN4O5S. The molecule has 0 unspecified atom stereocenters. The first-order chi connectivity index (χ1) is 15.4. The van der Waals surface area contributed by atoms with E-state index in [1.807, 2.05) is 12.1 Å². The van der Waals surface area contributed by atoms with Crippen molar-refractivity contribution in [2.45, 2.75) is 23.7 Å². The summed E-state index contributed by atoms with van der Waals surface area (Å²) in [6.07, 6.45) is 1.53. The molecule has 0 radical (unpaired) electrons. The summed E-state index contributed by atoms with van der Waals surface area (Å²) in [5.74, 6) is 1.62. The molecule has 0 spiro atoms. The minimum atomic E-state index is -3.69. The van der Waals surface area contributed by atoms with Crippen LogP contribution in [0.25, 0.3) is 0 Å². The van der Waals surface area contributed by atoms with Gasteiger partial charge in [0, 0.05) is 49.2 Å². The lowest BCUT2D eigenvalue weighted by molar-refractivity contribution is -0.384. The molecule has 0 bridgehead atoms. The predicted octanol–water partition coefficient (Wildman–Crippen LogP) is 3.05. The molecule has 1 N–H and O–H groups in total. The van der Waals surface area contributed by atoms with Gasteiger partial charge in [-0.05, 0) is 49.7 Å². The van der Waals surface area contributed by atoms with E-state index in [1.54, 1.807) is 6.07 Å². The van der Waals surface area contributed by atoms with E-state index in [4.69, 9.17) is 4.74 Å². The van der Waals surface area contributed by atoms with Gasteiger partial charge >= 0.3 is 0 Å². The van der Waals surface area contributed by atoms with Gasteiger partial charge in [-0.15, -0.1) is 12.4 Å². The van der Waals surface area contributed by atoms with Gasteiger partial charge in [0.1, 0.15) is 5.75 Å². The Hall–Kier alpha value is -2.71. The summed E-state index contributed by atoms with van der Waals surface area (Å²) in [5.41, 5.74) is 1.61. The molecule has 2 heterocycles. The molecule has 2 aliphatic heterocycles. The van der Waals surface area contributed by atoms with Crippen molar-refractivity contribution >= 4 is 28.1 Å². The quantitative estimate of drug-likeness (QED) is 0.341. The van der Waals surface area contributed by atoms with Crippen LogP contribution in [0, 0.1) is 27.4 Å². The monoisotopic (exact) mass is 492 g/mol. The van der Waals surface area contributed by atoms with Crippen LogP contribution in [0.4, 0.5) is 5.69 Å². The number of ether oxygens (including phenoxy) is 1. The molecule has 11 heteroatoms. The summed E-state index contributed by atoms with van der Waals surface area (Å²) in [6, 6.07) is 12.6. The van der Waals surface area contributed by atoms with E-state index in [9.17, 15) is 23.8 Å². The first-order valence-electron chi connectivity index (χ1n) is 10.5. The largest absolute Gasteiger partial charge is 0.493 e. The minimum absolute atomic E-state index is 0. The van der Waals surface area contributed by atoms with Gasteiger partial charge in [0.2, 0.25) is 10.0 Å². The van der Waals surface area contributed by atoms with Crippen molar-refractivity contribution in [2.24, 2.45) is 5.92 Å². The van der Waals surface area contributed by atoms with Gasteiger partial charge in [-0.3, -0.25) is 10.1 Å². The fraction of sp³-hybridized carbons (Fsp3) is 0.409. The molecule has 2 aromatic rings. The highest BCUT2D eigenvalue weighted by Crippen LogP contribution is 2.41. The van der Waals surface area contributed by atoms with Crippen LogP contribution in [0.1, 0.15) is 29.9 Å². The lowest BCUT2D eigenvalue weighted by Crippen LogP contribution is -2.27. The third kappa shape index (κ3) is 5.62. The van der Waals surface area contributed by atoms with E-state index in [1.165, 1.54) is 24.3 Å². The maximum absolute atomic E-state index is 12.3. The minimum Gasteiger partial charge on any atom is -0.493 e. The predicted molar refractivity (Wildman–Crippen MR) is 124 cm³/mol. The van der Waals surface area contributed by atoms with E-state index in [-0.39, 0.29) is 23.0 Å². The molecular weight excluding hydrogens is 468 g/mol. The van der Waals surface area contributed by atoms with Crippen molar-refractivity contribution in [3.63, 3.8) is 0 Å². The summed E-state index contributed by atoms with van der Waals surface area (Å²) in [5, 5.41) is 19.9. The van der Waals surface area contributed by atoms with Crippen molar-refractivity contribution in [2.75, 3.05) is 32.8 Å². The fourth-order valence-corrected chi connectivity index (χ4v) is 5.47. The van der Waals surface area contributed by atoms with Crippen molar-refractivity contribution in [3.05, 3.63) is 63.7 Å². The van der Waals surface area contributed by atoms with E-state index >= 15 is 0 Å². The highest BCUT2D eigenvalue weighted by atomic mass is 35.5. The number of hydrogen-bond acceptors (Lipinski definition) is 7. The molecule has 9 nitrogen and oxygen atoms in total. The highest BCUT2D eigenvalue weighted by molar-refractivity contribution is 7.89. The summed E-state index contributed by atoms with van der Waals surface area (Å²) < 4.78 is 33.1. The van der Waals surface area contributed by atoms with E-state index in [0.717, 1.165) is 37.4 Å². The average Bonchev–Trinajstić information content (AvgIpc) is 3.22. The Bertz CT molecular complexity index is 1150. The van der Waals surface area contributed by atoms with Gasteiger partial charge in [-0.1, -0.05) is 0 Å². The standard InChI is InChI=1S/C22H24N4O5S.ClH/c23-12-16-3-8-22-20(11-16)21-14-25(13-17(21)15-31-22)10-2-1-9-24-32(29,30)19-6-4-18(5-7-19)26(27)28;/h3-8,11,17,21,24H,1-2,9-10,13-15H2;1H/t17-,21+;/m1./s1. The Balaban J connectivity index is 0.00000306. The number of likely N-dealkylation sites (tertiary alicyclic amines) is 1. The zero-order valence-corrected chi connectivity index (χ0v) is 19.5. The molecule has 2 atom stereocenters. The number of rotatable bonds is 8. The number of halogens is 1. The molecule has 4 rings (SSSR count). The number of unbranched alkanes of at least 4 members (excludes halogenated alkanes) is 1. The van der Waals surface area contributed by atoms with Gasteiger partial charge in [-0.25, -0.2) is 13.1 Å². The number of nitro benzene ring substituents is 1. The molecule has 0 aliphatic carbocycles. The number of benzene rings is 2. The normalized spacial score (nSPS) is 19.5. The Kier molecular flexibility index (Phi) is 7.92. The highest BCUT2D eigenvalue weighted by Gasteiger charge is 2.38. The van der Waals surface area contributed by atoms with Crippen LogP contribution < -0.4 is 9.46 Å². The molecule has 0 aromatic heterocycles. The molecule has 1 fully saturated rings. The van der Waals surface area contributed by atoms with Crippen LogP contribution in [0.3, 0.4) is 0 Å². The van der Waals surface area contributed by atoms with Gasteiger partial charge < -0.3 is 9.64 Å². The van der Waals surface area contributed by atoms with Gasteiger partial charge in [0.15, 0.2) is 0 Å². The second-order valence-corrected chi connectivity index (χ2v) is 9.92. The van der Waals surface area contributed by atoms with Crippen molar-refractivity contribution < 1.29 is 18.1 Å². The fourth-order valence-electron chi connectivity index (χ4n) is 4.40. The lowest BCUT2D eigenvalue weighted by atomic mass is 9.86. The van der Waals surface area contributed by atoms with Crippen LogP contribution in [0.15, 0.2) is 47.4 Å². The van der Waals surface area contributed by atoms with Crippen LogP contribution in [-0.4, -0.2) is 51.0 Å². The van der Waals surface area contributed by atoms with Crippen molar-refractivity contribution in [1.29, 1.82) is 5.26 Å². The molecule has 0 saturated carbocycles. The van der Waals surface area contributed by atoms with E-state index < -0.39 is 14.9 Å². The first-order valence-corrected chi connectivity index (χ1v) is 12.0. The first kappa shape index (κ1) is 24.9. The summed E-state index contributed by atoms with van der Waals surface area (Å²) in [4.78, 5) is 12.5. The molecule has 1 saturated heterocycles. The van der Waals surface area contributed by atoms with Gasteiger partial charge in [-0.2, -0.15) is 5.26 Å². The molecule has 2 aliphatic rings. The SMILES string of the molecule is Cl.N#Cc1ccc2c(c1)[C@H]1CN(CCCCNS(=O)(=O)c3ccc([N+](=O)[O-])cc3)C[C@@H]1CO2. The third-order valence-electron chi connectivity index (χ3n) is 6.06. The summed E-state index contributed by atoms with van der Waals surface area (Å²) in [7, 11) is -3.69. The molecule has 176 valence electrons. The number of nitrogens with zero attached hydrogens (tertiary/aromatic N) is 3. The number of non-ortho nitro benzene ring substituents is 1. The maximum atomic E-state index is 12.3. The zero-order chi connectivity index (χ0) is 22.7. The number of nitriles is 1. The Morgan fingerprint density at radius 3 is 2.64 bits per heavy atom. The number of sulfonamides is 1. The van der Waals surface area contributed by atoms with Gasteiger partial charge in [0.05, 0.1) is 28.1 Å². The average molecular weight is 493 g/mol. The topological polar surface area (TPSA) is 126 Å².